The smallest absolute Gasteiger partial charge is 0.0195 e. The van der Waals surface area contributed by atoms with E-state index in [9.17, 15) is 0 Å². The highest BCUT2D eigenvalue weighted by Crippen LogP contribution is 2.36. The maximum absolute atomic E-state index is 3.76. The fraction of sp³-hybridized carbons (Fsp3) is 1.00. The number of piperidine rings is 1. The van der Waals surface area contributed by atoms with Crippen molar-refractivity contribution in [3.05, 3.63) is 0 Å². The molecule has 0 amide bonds. The molecule has 3 atom stereocenters. The average molecular weight is 266 g/mol. The Morgan fingerprint density at radius 1 is 1.16 bits per heavy atom. The lowest BCUT2D eigenvalue weighted by Gasteiger charge is -2.47. The van der Waals surface area contributed by atoms with Crippen molar-refractivity contribution >= 4 is 0 Å². The van der Waals surface area contributed by atoms with Gasteiger partial charge in [0.1, 0.15) is 0 Å². The Balaban J connectivity index is 1.88. The van der Waals surface area contributed by atoms with Crippen molar-refractivity contribution in [3.8, 4) is 0 Å². The van der Waals surface area contributed by atoms with Gasteiger partial charge in [-0.1, -0.05) is 19.8 Å². The summed E-state index contributed by atoms with van der Waals surface area (Å²) in [6.07, 6.45) is 9.98. The molecule has 0 bridgehead atoms. The zero-order valence-corrected chi connectivity index (χ0v) is 13.5. The first-order chi connectivity index (χ1) is 9.03. The minimum Gasteiger partial charge on any atom is -0.310 e. The molecule has 112 valence electrons. The summed E-state index contributed by atoms with van der Waals surface area (Å²) in [6, 6.07) is 1.58. The van der Waals surface area contributed by atoms with Gasteiger partial charge in [-0.2, -0.15) is 0 Å². The van der Waals surface area contributed by atoms with Crippen molar-refractivity contribution in [3.63, 3.8) is 0 Å². The first-order valence-corrected chi connectivity index (χ1v) is 8.54. The van der Waals surface area contributed by atoms with E-state index in [-0.39, 0.29) is 5.54 Å². The van der Waals surface area contributed by atoms with Gasteiger partial charge in [-0.15, -0.1) is 0 Å². The van der Waals surface area contributed by atoms with Crippen LogP contribution in [0.1, 0.15) is 72.6 Å². The van der Waals surface area contributed by atoms with Gasteiger partial charge in [0.05, 0.1) is 0 Å². The summed E-state index contributed by atoms with van der Waals surface area (Å²) in [4.78, 5) is 2.83. The summed E-state index contributed by atoms with van der Waals surface area (Å²) in [5, 5.41) is 3.76. The van der Waals surface area contributed by atoms with E-state index in [1.165, 1.54) is 51.5 Å². The molecule has 2 rings (SSSR count). The molecule has 0 aromatic carbocycles. The zero-order valence-electron chi connectivity index (χ0n) is 13.5. The van der Waals surface area contributed by atoms with Gasteiger partial charge >= 0.3 is 0 Å². The number of fused-ring (bicyclic) bond motifs is 1. The topological polar surface area (TPSA) is 15.3 Å². The number of rotatable bonds is 5. The van der Waals surface area contributed by atoms with Crippen molar-refractivity contribution in [2.45, 2.75) is 90.3 Å². The largest absolute Gasteiger partial charge is 0.310 e. The molecule has 2 fully saturated rings. The standard InChI is InChI=1S/C17H34N2/c1-5-17(3,4)18-13-14(2)19-12-8-10-15-9-6-7-11-16(15)19/h14-16,18H,5-13H2,1-4H3. The molecule has 0 spiro atoms. The Morgan fingerprint density at radius 2 is 1.84 bits per heavy atom. The molecule has 0 aromatic rings. The van der Waals surface area contributed by atoms with Gasteiger partial charge < -0.3 is 5.32 Å². The lowest BCUT2D eigenvalue weighted by Crippen LogP contribution is -2.55. The minimum atomic E-state index is 0.288. The summed E-state index contributed by atoms with van der Waals surface area (Å²) < 4.78 is 0. The maximum atomic E-state index is 3.76. The Kier molecular flexibility index (Phi) is 5.30. The molecule has 2 heteroatoms. The van der Waals surface area contributed by atoms with Crippen LogP contribution in [0.4, 0.5) is 0 Å². The van der Waals surface area contributed by atoms with E-state index in [0.717, 1.165) is 18.5 Å². The second-order valence-corrected chi connectivity index (χ2v) is 7.46. The van der Waals surface area contributed by atoms with Crippen molar-refractivity contribution in [2.75, 3.05) is 13.1 Å². The van der Waals surface area contributed by atoms with Crippen LogP contribution in [0.5, 0.6) is 0 Å². The van der Waals surface area contributed by atoms with E-state index < -0.39 is 0 Å². The predicted octanol–water partition coefficient (Wildman–Crippen LogP) is 3.81. The maximum Gasteiger partial charge on any atom is 0.0195 e. The van der Waals surface area contributed by atoms with Crippen LogP contribution in [0.25, 0.3) is 0 Å². The van der Waals surface area contributed by atoms with Crippen molar-refractivity contribution in [2.24, 2.45) is 5.92 Å². The summed E-state index contributed by atoms with van der Waals surface area (Å²) in [5.41, 5.74) is 0.288. The number of likely N-dealkylation sites (tertiary alicyclic amines) is 1. The van der Waals surface area contributed by atoms with E-state index in [1.54, 1.807) is 0 Å². The van der Waals surface area contributed by atoms with E-state index >= 15 is 0 Å². The Bertz CT molecular complexity index is 272. The molecule has 1 aliphatic carbocycles. The van der Waals surface area contributed by atoms with Crippen LogP contribution in [-0.2, 0) is 0 Å². The molecule has 19 heavy (non-hydrogen) atoms. The lowest BCUT2D eigenvalue weighted by molar-refractivity contribution is 0.0294. The van der Waals surface area contributed by atoms with Crippen LogP contribution < -0.4 is 5.32 Å². The van der Waals surface area contributed by atoms with Crippen LogP contribution in [0.2, 0.25) is 0 Å². The summed E-state index contributed by atoms with van der Waals surface area (Å²) in [7, 11) is 0. The molecule has 1 aliphatic heterocycles. The number of nitrogens with one attached hydrogen (secondary N) is 1. The van der Waals surface area contributed by atoms with Crippen LogP contribution in [0.15, 0.2) is 0 Å². The molecule has 0 aromatic heterocycles. The first kappa shape index (κ1) is 15.3. The highest BCUT2D eigenvalue weighted by molar-refractivity contribution is 4.90. The van der Waals surface area contributed by atoms with Crippen LogP contribution in [-0.4, -0.2) is 35.6 Å². The molecule has 1 N–H and O–H groups in total. The van der Waals surface area contributed by atoms with Gasteiger partial charge in [-0.05, 0) is 65.3 Å². The highest BCUT2D eigenvalue weighted by Gasteiger charge is 2.35. The van der Waals surface area contributed by atoms with Gasteiger partial charge in [0.25, 0.3) is 0 Å². The monoisotopic (exact) mass is 266 g/mol. The van der Waals surface area contributed by atoms with Gasteiger partial charge in [-0.25, -0.2) is 0 Å². The number of hydrogen-bond acceptors (Lipinski definition) is 2. The van der Waals surface area contributed by atoms with Crippen molar-refractivity contribution in [1.82, 2.24) is 10.2 Å². The Hall–Kier alpha value is -0.0800. The van der Waals surface area contributed by atoms with Gasteiger partial charge in [0, 0.05) is 24.2 Å². The third kappa shape index (κ3) is 3.95. The Morgan fingerprint density at radius 3 is 2.58 bits per heavy atom. The lowest BCUT2D eigenvalue weighted by atomic mass is 9.78. The van der Waals surface area contributed by atoms with Crippen LogP contribution in [0, 0.1) is 5.92 Å². The first-order valence-electron chi connectivity index (χ1n) is 8.54. The van der Waals surface area contributed by atoms with Crippen molar-refractivity contribution < 1.29 is 0 Å². The summed E-state index contributed by atoms with van der Waals surface area (Å²) in [5.74, 6) is 1.00. The summed E-state index contributed by atoms with van der Waals surface area (Å²) in [6.45, 7) is 11.8. The normalized spacial score (nSPS) is 30.9. The second-order valence-electron chi connectivity index (χ2n) is 7.46. The number of hydrogen-bond donors (Lipinski definition) is 1. The molecule has 1 heterocycles. The van der Waals surface area contributed by atoms with Gasteiger partial charge in [0.15, 0.2) is 0 Å². The fourth-order valence-corrected chi connectivity index (χ4v) is 3.88. The molecule has 0 radical (unpaired) electrons. The zero-order chi connectivity index (χ0) is 13.9. The van der Waals surface area contributed by atoms with E-state index in [2.05, 4.69) is 37.9 Å². The van der Waals surface area contributed by atoms with Gasteiger partial charge in [0.2, 0.25) is 0 Å². The molecule has 1 saturated heterocycles. The third-order valence-electron chi connectivity index (χ3n) is 5.61. The van der Waals surface area contributed by atoms with E-state index in [4.69, 9.17) is 0 Å². The van der Waals surface area contributed by atoms with E-state index in [1.807, 2.05) is 0 Å². The molecular formula is C17H34N2. The van der Waals surface area contributed by atoms with Crippen molar-refractivity contribution in [1.29, 1.82) is 0 Å². The van der Waals surface area contributed by atoms with Gasteiger partial charge in [-0.3, -0.25) is 4.90 Å². The predicted molar refractivity (Wildman–Crippen MR) is 83.5 cm³/mol. The van der Waals surface area contributed by atoms with Crippen LogP contribution >= 0.6 is 0 Å². The van der Waals surface area contributed by atoms with E-state index in [0.29, 0.717) is 6.04 Å². The molecule has 2 aliphatic rings. The molecule has 2 nitrogen and oxygen atoms in total. The Labute approximate surface area is 120 Å². The third-order valence-corrected chi connectivity index (χ3v) is 5.61. The quantitative estimate of drug-likeness (QED) is 0.814. The minimum absolute atomic E-state index is 0.288. The second kappa shape index (κ2) is 6.58. The fourth-order valence-electron chi connectivity index (χ4n) is 3.88. The highest BCUT2D eigenvalue weighted by atomic mass is 15.2. The molecular weight excluding hydrogens is 232 g/mol. The SMILES string of the molecule is CCC(C)(C)NCC(C)N1CCCC2CCCCC21. The number of nitrogens with zero attached hydrogens (tertiary/aromatic N) is 1. The van der Waals surface area contributed by atoms with Crippen LogP contribution in [0.3, 0.4) is 0 Å². The average Bonchev–Trinajstić information content (AvgIpc) is 2.44. The molecule has 3 unspecified atom stereocenters. The summed E-state index contributed by atoms with van der Waals surface area (Å²) >= 11 is 0. The molecule has 1 saturated carbocycles.